The van der Waals surface area contributed by atoms with Crippen LogP contribution in [0.15, 0.2) is 29.3 Å². The second-order valence-corrected chi connectivity index (χ2v) is 7.59. The van der Waals surface area contributed by atoms with Crippen molar-refractivity contribution < 1.29 is 4.74 Å². The normalized spacial score (nSPS) is 12.5. The Labute approximate surface area is 183 Å². The smallest absolute Gasteiger partial charge is 0.191 e. The summed E-state index contributed by atoms with van der Waals surface area (Å²) in [6, 6.07) is 8.38. The zero-order valence-electron chi connectivity index (χ0n) is 16.9. The number of guanidine groups is 1. The molecule has 1 heterocycles. The van der Waals surface area contributed by atoms with Crippen LogP contribution in [0.3, 0.4) is 0 Å². The van der Waals surface area contributed by atoms with Crippen molar-refractivity contribution in [2.24, 2.45) is 4.99 Å². The minimum absolute atomic E-state index is 0. The second kappa shape index (κ2) is 11.5. The lowest BCUT2D eigenvalue weighted by Gasteiger charge is -2.26. The van der Waals surface area contributed by atoms with Crippen LogP contribution in [0, 0.1) is 13.8 Å². The molecule has 0 fully saturated rings. The van der Waals surface area contributed by atoms with Crippen LogP contribution in [0.25, 0.3) is 0 Å². The Hall–Kier alpha value is -1.39. The van der Waals surface area contributed by atoms with Gasteiger partial charge in [0.05, 0.1) is 30.4 Å². The van der Waals surface area contributed by atoms with Gasteiger partial charge in [0, 0.05) is 18.5 Å². The lowest BCUT2D eigenvalue weighted by molar-refractivity contribution is 0.297. The highest BCUT2D eigenvalue weighted by atomic mass is 127. The fourth-order valence-corrected chi connectivity index (χ4v) is 3.64. The average Bonchev–Trinajstić information content (AvgIpc) is 2.95. The van der Waals surface area contributed by atoms with Crippen molar-refractivity contribution >= 4 is 41.3 Å². The van der Waals surface area contributed by atoms with Gasteiger partial charge in [0.15, 0.2) is 5.96 Å². The van der Waals surface area contributed by atoms with E-state index in [1.807, 2.05) is 26.0 Å². The Bertz CT molecular complexity index is 747. The number of aryl methyl sites for hydroxylation is 2. The molecule has 0 amide bonds. The van der Waals surface area contributed by atoms with Crippen molar-refractivity contribution in [3.63, 3.8) is 0 Å². The molecule has 1 unspecified atom stereocenters. The maximum atomic E-state index is 5.35. The van der Waals surface area contributed by atoms with E-state index in [1.165, 1.54) is 10.4 Å². The zero-order chi connectivity index (χ0) is 19.1. The van der Waals surface area contributed by atoms with Gasteiger partial charge in [-0.15, -0.1) is 35.3 Å². The van der Waals surface area contributed by atoms with Crippen LogP contribution in [0.2, 0.25) is 0 Å². The minimum Gasteiger partial charge on any atom is -0.497 e. The van der Waals surface area contributed by atoms with E-state index < -0.39 is 0 Å². The summed E-state index contributed by atoms with van der Waals surface area (Å²) in [7, 11) is 7.63. The fraction of sp³-hybridized carbons (Fsp3) is 0.474. The first-order valence-electron chi connectivity index (χ1n) is 8.62. The van der Waals surface area contributed by atoms with Gasteiger partial charge in [0.1, 0.15) is 5.75 Å². The summed E-state index contributed by atoms with van der Waals surface area (Å²) in [5.41, 5.74) is 2.28. The summed E-state index contributed by atoms with van der Waals surface area (Å²) in [5, 5.41) is 7.89. The van der Waals surface area contributed by atoms with E-state index in [-0.39, 0.29) is 30.0 Å². The molecule has 0 bridgehead atoms. The number of hydrogen-bond acceptors (Lipinski definition) is 5. The van der Waals surface area contributed by atoms with E-state index in [2.05, 4.69) is 51.7 Å². The molecule has 0 aliphatic heterocycles. The Morgan fingerprint density at radius 1 is 1.30 bits per heavy atom. The highest BCUT2D eigenvalue weighted by Crippen LogP contribution is 2.22. The lowest BCUT2D eigenvalue weighted by atomic mass is 10.1. The molecule has 1 aromatic carbocycles. The van der Waals surface area contributed by atoms with Gasteiger partial charge in [0.25, 0.3) is 0 Å². The predicted octanol–water partition coefficient (Wildman–Crippen LogP) is 3.35. The van der Waals surface area contributed by atoms with Crippen LogP contribution in [-0.2, 0) is 6.54 Å². The first-order valence-corrected chi connectivity index (χ1v) is 9.44. The Morgan fingerprint density at radius 3 is 2.59 bits per heavy atom. The molecule has 1 aromatic heterocycles. The molecule has 0 saturated carbocycles. The zero-order valence-corrected chi connectivity index (χ0v) is 20.0. The Morgan fingerprint density at radius 2 is 2.04 bits per heavy atom. The number of likely N-dealkylation sites (N-methyl/N-ethyl adjacent to an activating group) is 1. The van der Waals surface area contributed by atoms with E-state index >= 15 is 0 Å². The standard InChI is InChI=1S/C19H29N5OS.HI/c1-13-18(26-14(2)23-13)12-22-19(20-3)21-11-17(24(4)5)15-8-7-9-16(10-15)25-6;/h7-10,17H,11-12H2,1-6H3,(H2,20,21,22);1H. The number of aliphatic imine (C=N–C) groups is 1. The summed E-state index contributed by atoms with van der Waals surface area (Å²) in [5.74, 6) is 1.65. The van der Waals surface area contributed by atoms with Crippen molar-refractivity contribution in [1.29, 1.82) is 0 Å². The number of thiazole rings is 1. The monoisotopic (exact) mass is 503 g/mol. The molecule has 0 saturated heterocycles. The topological polar surface area (TPSA) is 61.8 Å². The first kappa shape index (κ1) is 23.6. The van der Waals surface area contributed by atoms with E-state index in [0.29, 0.717) is 0 Å². The third-order valence-electron chi connectivity index (χ3n) is 4.20. The first-order chi connectivity index (χ1) is 12.4. The number of benzene rings is 1. The molecule has 150 valence electrons. The van der Waals surface area contributed by atoms with E-state index in [9.17, 15) is 0 Å². The Kier molecular flexibility index (Phi) is 10.0. The third kappa shape index (κ3) is 6.93. The van der Waals surface area contributed by atoms with Crippen LogP contribution in [-0.4, -0.2) is 50.6 Å². The van der Waals surface area contributed by atoms with Gasteiger partial charge < -0.3 is 20.3 Å². The third-order valence-corrected chi connectivity index (χ3v) is 5.28. The lowest BCUT2D eigenvalue weighted by Crippen LogP contribution is -2.41. The van der Waals surface area contributed by atoms with Gasteiger partial charge in [-0.25, -0.2) is 4.98 Å². The van der Waals surface area contributed by atoms with Gasteiger partial charge >= 0.3 is 0 Å². The minimum atomic E-state index is 0. The number of rotatable bonds is 7. The number of aromatic nitrogens is 1. The number of nitrogens with one attached hydrogen (secondary N) is 2. The van der Waals surface area contributed by atoms with Gasteiger partial charge in [-0.2, -0.15) is 0 Å². The number of halogens is 1. The van der Waals surface area contributed by atoms with Crippen LogP contribution in [0.4, 0.5) is 0 Å². The molecule has 0 radical (unpaired) electrons. The molecule has 2 rings (SSSR count). The molecule has 2 N–H and O–H groups in total. The summed E-state index contributed by atoms with van der Waals surface area (Å²) in [4.78, 5) is 12.2. The summed E-state index contributed by atoms with van der Waals surface area (Å²) < 4.78 is 5.35. The quantitative estimate of drug-likeness (QED) is 0.345. The van der Waals surface area contributed by atoms with Crippen LogP contribution in [0.1, 0.15) is 27.2 Å². The predicted molar refractivity (Wildman–Crippen MR) is 125 cm³/mol. The van der Waals surface area contributed by atoms with Gasteiger partial charge in [-0.05, 0) is 45.6 Å². The van der Waals surface area contributed by atoms with Crippen LogP contribution >= 0.6 is 35.3 Å². The van der Waals surface area contributed by atoms with Gasteiger partial charge in [0.2, 0.25) is 0 Å². The van der Waals surface area contributed by atoms with E-state index in [4.69, 9.17) is 4.74 Å². The number of hydrogen-bond donors (Lipinski definition) is 2. The number of methoxy groups -OCH3 is 1. The van der Waals surface area contributed by atoms with Gasteiger partial charge in [-0.1, -0.05) is 12.1 Å². The summed E-state index contributed by atoms with van der Waals surface area (Å²) in [6.45, 7) is 5.54. The molecular weight excluding hydrogens is 473 g/mol. The fourth-order valence-electron chi connectivity index (χ4n) is 2.76. The van der Waals surface area contributed by atoms with Crippen molar-refractivity contribution in [3.05, 3.63) is 45.4 Å². The van der Waals surface area contributed by atoms with Crippen molar-refractivity contribution in [3.8, 4) is 5.75 Å². The molecule has 8 heteroatoms. The van der Waals surface area contributed by atoms with Crippen molar-refractivity contribution in [2.45, 2.75) is 26.4 Å². The van der Waals surface area contributed by atoms with E-state index in [1.54, 1.807) is 25.5 Å². The van der Waals surface area contributed by atoms with Crippen LogP contribution in [0.5, 0.6) is 5.75 Å². The molecule has 0 spiro atoms. The molecular formula is C19H30IN5OS. The number of nitrogens with zero attached hydrogens (tertiary/aromatic N) is 3. The Balaban J connectivity index is 0.00000364. The maximum Gasteiger partial charge on any atom is 0.191 e. The molecule has 2 aromatic rings. The molecule has 1 atom stereocenters. The molecule has 27 heavy (non-hydrogen) atoms. The maximum absolute atomic E-state index is 5.35. The molecule has 0 aliphatic rings. The van der Waals surface area contributed by atoms with Gasteiger partial charge in [-0.3, -0.25) is 4.99 Å². The van der Waals surface area contributed by atoms with Crippen molar-refractivity contribution in [1.82, 2.24) is 20.5 Å². The van der Waals surface area contributed by atoms with Crippen molar-refractivity contribution in [2.75, 3.05) is 34.8 Å². The number of ether oxygens (including phenoxy) is 1. The highest BCUT2D eigenvalue weighted by Gasteiger charge is 2.15. The molecule has 0 aliphatic carbocycles. The molecule has 6 nitrogen and oxygen atoms in total. The van der Waals surface area contributed by atoms with E-state index in [0.717, 1.165) is 35.5 Å². The summed E-state index contributed by atoms with van der Waals surface area (Å²) in [6.07, 6.45) is 0. The largest absolute Gasteiger partial charge is 0.497 e. The highest BCUT2D eigenvalue weighted by molar-refractivity contribution is 14.0. The second-order valence-electron chi connectivity index (χ2n) is 6.30. The van der Waals surface area contributed by atoms with Crippen LogP contribution < -0.4 is 15.4 Å². The SMILES string of the molecule is CN=C(NCc1sc(C)nc1C)NCC(c1cccc(OC)c1)N(C)C.I. The average molecular weight is 503 g/mol. The summed E-state index contributed by atoms with van der Waals surface area (Å²) >= 11 is 1.72.